The smallest absolute Gasteiger partial charge is 0.223 e. The highest BCUT2D eigenvalue weighted by Crippen LogP contribution is 2.66. The zero-order valence-corrected chi connectivity index (χ0v) is 75.8. The molecule has 0 aliphatic heterocycles. The lowest BCUT2D eigenvalue weighted by molar-refractivity contribution is -0.127. The van der Waals surface area contributed by atoms with Crippen molar-refractivity contribution in [1.29, 1.82) is 0 Å². The van der Waals surface area contributed by atoms with Crippen molar-refractivity contribution in [1.82, 2.24) is 10.6 Å². The molecule has 14 rings (SSSR count). The second-order valence-electron chi connectivity index (χ2n) is 43.6. The van der Waals surface area contributed by atoms with Crippen LogP contribution in [0.5, 0.6) is 0 Å². The Balaban J connectivity index is 0.000000299. The molecule has 14 aliphatic rings. The summed E-state index contributed by atoms with van der Waals surface area (Å²) in [6, 6.07) is 0.568. The fourth-order valence-electron chi connectivity index (χ4n) is 20.3. The normalized spacial score (nSPS) is 38.6. The van der Waals surface area contributed by atoms with Gasteiger partial charge in [0.25, 0.3) is 0 Å². The molecule has 4 bridgehead atoms. The van der Waals surface area contributed by atoms with Crippen LogP contribution in [0, 0.1) is 147 Å². The van der Waals surface area contributed by atoms with E-state index in [9.17, 15) is 9.59 Å². The summed E-state index contributed by atoms with van der Waals surface area (Å²) in [6.07, 6.45) is 65.8. The number of hydrogen-bond acceptors (Lipinski definition) is 2. The molecule has 616 valence electrons. The standard InChI is InChI=1S/C14H24.2C11H21NO.8C8H16/c1-13(2,3)14-7-10-4-11(8-14)6-12(5-10)9-14;2*1-8(2)12-11(13)10-6-4-9(3)5-7-10;8*1-7-3-5-8(2)6-4-7/h10-12H,4-9H2,1-3H3;2*8-10H,4-7H2,1-3H3,(H,12,13);8*7-8H,3-6H2,1-2H3. The first-order valence-electron chi connectivity index (χ1n) is 47.6. The quantitative estimate of drug-likeness (QED) is 0.295. The molecule has 2 amide bonds. The van der Waals surface area contributed by atoms with E-state index in [1.165, 1.54) is 231 Å². The predicted molar refractivity (Wildman–Crippen MR) is 463 cm³/mol. The monoisotopic (exact) mass is 1460 g/mol. The van der Waals surface area contributed by atoms with E-state index in [-0.39, 0.29) is 23.9 Å². The van der Waals surface area contributed by atoms with E-state index in [1.807, 2.05) is 27.7 Å². The molecule has 0 saturated heterocycles. The van der Waals surface area contributed by atoms with Gasteiger partial charge in [0.1, 0.15) is 0 Å². The largest absolute Gasteiger partial charge is 0.354 e. The Morgan fingerprint density at radius 3 is 0.452 bits per heavy atom. The van der Waals surface area contributed by atoms with Crippen LogP contribution in [-0.4, -0.2) is 23.9 Å². The molecule has 0 spiro atoms. The predicted octanol–water partition coefficient (Wildman–Crippen LogP) is 31.6. The number of carbonyl (C=O) groups excluding carboxylic acids is 2. The Hall–Kier alpha value is -1.06. The Morgan fingerprint density at radius 2 is 0.346 bits per heavy atom. The van der Waals surface area contributed by atoms with Gasteiger partial charge >= 0.3 is 0 Å². The number of amides is 2. The average Bonchev–Trinajstić information content (AvgIpc) is 0.732. The van der Waals surface area contributed by atoms with Crippen molar-refractivity contribution in [2.75, 3.05) is 0 Å². The van der Waals surface area contributed by atoms with Gasteiger partial charge in [-0.3, -0.25) is 9.59 Å². The third-order valence-corrected chi connectivity index (χ3v) is 29.7. The van der Waals surface area contributed by atoms with Crippen LogP contribution in [0.4, 0.5) is 0 Å². The zero-order chi connectivity index (χ0) is 77.5. The number of hydrogen-bond donors (Lipinski definition) is 2. The molecular formula is C100H194N2O2. The number of nitrogens with one attached hydrogen (secondary N) is 2. The summed E-state index contributed by atoms with van der Waals surface area (Å²) in [7, 11) is 0. The Morgan fingerprint density at radius 1 is 0.231 bits per heavy atom. The summed E-state index contributed by atoms with van der Waals surface area (Å²) in [5, 5.41) is 5.98. The summed E-state index contributed by atoms with van der Waals surface area (Å²) in [5.74, 6) is 22.4. The van der Waals surface area contributed by atoms with Crippen LogP contribution in [0.1, 0.15) is 468 Å². The van der Waals surface area contributed by atoms with E-state index in [0.717, 1.165) is 155 Å². The summed E-state index contributed by atoms with van der Waals surface area (Å²) in [4.78, 5) is 23.2. The highest BCUT2D eigenvalue weighted by Gasteiger charge is 2.55. The van der Waals surface area contributed by atoms with Crippen molar-refractivity contribution in [2.45, 2.75) is 481 Å². The second kappa shape index (κ2) is 53.0. The van der Waals surface area contributed by atoms with Gasteiger partial charge in [-0.2, -0.15) is 0 Å². The van der Waals surface area contributed by atoms with Crippen LogP contribution < -0.4 is 10.6 Å². The topological polar surface area (TPSA) is 58.2 Å². The van der Waals surface area contributed by atoms with Gasteiger partial charge in [-0.05, 0) is 253 Å². The minimum absolute atomic E-state index is 0.266. The van der Waals surface area contributed by atoms with Gasteiger partial charge in [-0.1, -0.05) is 351 Å². The van der Waals surface area contributed by atoms with Gasteiger partial charge in [0.05, 0.1) is 0 Å². The Kier molecular flexibility index (Phi) is 49.5. The Bertz CT molecular complexity index is 1640. The molecule has 0 atom stereocenters. The van der Waals surface area contributed by atoms with Crippen molar-refractivity contribution in [3.05, 3.63) is 0 Å². The van der Waals surface area contributed by atoms with E-state index >= 15 is 0 Å². The molecule has 14 saturated carbocycles. The molecule has 0 aromatic carbocycles. The van der Waals surface area contributed by atoms with Gasteiger partial charge < -0.3 is 10.6 Å². The van der Waals surface area contributed by atoms with Crippen LogP contribution >= 0.6 is 0 Å². The fraction of sp³-hybridized carbons (Fsp3) is 0.980. The average molecular weight is 1460 g/mol. The van der Waals surface area contributed by atoms with Crippen molar-refractivity contribution in [3.63, 3.8) is 0 Å². The van der Waals surface area contributed by atoms with Crippen molar-refractivity contribution in [3.8, 4) is 0 Å². The second-order valence-corrected chi connectivity index (χ2v) is 43.6. The molecule has 0 aromatic rings. The maximum absolute atomic E-state index is 11.6. The highest BCUT2D eigenvalue weighted by molar-refractivity contribution is 5.79. The molecule has 14 fully saturated rings. The van der Waals surface area contributed by atoms with E-state index in [0.29, 0.717) is 17.3 Å². The van der Waals surface area contributed by atoms with Gasteiger partial charge in [-0.15, -0.1) is 0 Å². The molecule has 0 unspecified atom stereocenters. The Labute approximate surface area is 655 Å². The molecule has 4 nitrogen and oxygen atoms in total. The van der Waals surface area contributed by atoms with E-state index in [4.69, 9.17) is 0 Å². The van der Waals surface area contributed by atoms with Gasteiger partial charge in [-0.25, -0.2) is 0 Å². The van der Waals surface area contributed by atoms with E-state index in [2.05, 4.69) is 156 Å². The molecule has 2 N–H and O–H groups in total. The first kappa shape index (κ1) is 97.1. The molecular weight excluding hydrogens is 1260 g/mol. The first-order valence-corrected chi connectivity index (χ1v) is 47.6. The lowest BCUT2D eigenvalue weighted by Crippen LogP contribution is -2.51. The van der Waals surface area contributed by atoms with Crippen molar-refractivity contribution >= 4 is 11.8 Å². The number of carbonyl (C=O) groups is 2. The van der Waals surface area contributed by atoms with Gasteiger partial charge in [0, 0.05) is 23.9 Å². The van der Waals surface area contributed by atoms with Crippen LogP contribution in [0.25, 0.3) is 0 Å². The lowest BCUT2D eigenvalue weighted by Gasteiger charge is -2.62. The van der Waals surface area contributed by atoms with E-state index < -0.39 is 0 Å². The van der Waals surface area contributed by atoms with Crippen LogP contribution in [0.15, 0.2) is 0 Å². The lowest BCUT2D eigenvalue weighted by atomic mass is 9.43. The van der Waals surface area contributed by atoms with Gasteiger partial charge in [0.15, 0.2) is 0 Å². The van der Waals surface area contributed by atoms with E-state index in [1.54, 1.807) is 38.5 Å². The maximum atomic E-state index is 11.6. The highest BCUT2D eigenvalue weighted by atomic mass is 16.2. The molecule has 14 aliphatic carbocycles. The third-order valence-electron chi connectivity index (χ3n) is 29.7. The molecule has 0 heterocycles. The molecule has 104 heavy (non-hydrogen) atoms. The number of rotatable bonds is 4. The molecule has 4 heteroatoms. The summed E-state index contributed by atoms with van der Waals surface area (Å²) in [5.41, 5.74) is 1.30. The van der Waals surface area contributed by atoms with Crippen LogP contribution in [-0.2, 0) is 9.59 Å². The SMILES string of the molecule is CC(C)(C)C12CC3CC(CC(C3)C1)C2.CC1CCC(C(=O)NC(C)C)CC1.CC1CCC(C(=O)NC(C)C)CC1.CC1CCC(C)CC1.CC1CCC(C)CC1.CC1CCC(C)CC1.CC1CCC(C)CC1.CC1CCC(C)CC1.CC1CCC(C)CC1.CC1CCC(C)CC1.CC1CCC(C)CC1. The van der Waals surface area contributed by atoms with Crippen molar-refractivity contribution < 1.29 is 9.59 Å². The molecule has 0 aromatic heterocycles. The van der Waals surface area contributed by atoms with Gasteiger partial charge in [0.2, 0.25) is 11.8 Å². The zero-order valence-electron chi connectivity index (χ0n) is 75.8. The third kappa shape index (κ3) is 44.3. The summed E-state index contributed by atoms with van der Waals surface area (Å²) in [6.45, 7) is 57.9. The fourth-order valence-corrected chi connectivity index (χ4v) is 20.3. The van der Waals surface area contributed by atoms with Crippen molar-refractivity contribution in [2.24, 2.45) is 147 Å². The molecule has 0 radical (unpaired) electrons. The minimum atomic E-state index is 0.266. The van der Waals surface area contributed by atoms with Crippen LogP contribution in [0.2, 0.25) is 0 Å². The first-order chi connectivity index (χ1) is 49.0. The van der Waals surface area contributed by atoms with Crippen LogP contribution in [0.3, 0.4) is 0 Å². The summed E-state index contributed by atoms with van der Waals surface area (Å²) >= 11 is 0. The minimum Gasteiger partial charge on any atom is -0.354 e. The summed E-state index contributed by atoms with van der Waals surface area (Å²) < 4.78 is 0. The maximum Gasteiger partial charge on any atom is 0.223 e.